The van der Waals surface area contributed by atoms with Crippen LogP contribution in [0, 0.1) is 0 Å². The first-order valence-electron chi connectivity index (χ1n) is 19.8. The number of urea groups is 1. The molecule has 5 N–H and O–H groups in total. The van der Waals surface area contributed by atoms with Crippen molar-refractivity contribution in [3.8, 4) is 0 Å². The zero-order chi connectivity index (χ0) is 46.0. The number of hydrogen-bond acceptors (Lipinski definition) is 13. The second kappa shape index (κ2) is 27.1. The highest BCUT2D eigenvalue weighted by Crippen LogP contribution is 2.10. The first-order chi connectivity index (χ1) is 30.1. The minimum Gasteiger partial charge on any atom is -0.444 e. The molecule has 0 saturated heterocycles. The fraction of sp³-hybridized carbons (Fsp3) is 0.372. The van der Waals surface area contributed by atoms with Crippen LogP contribution in [0.15, 0.2) is 101 Å². The zero-order valence-corrected chi connectivity index (χ0v) is 36.7. The van der Waals surface area contributed by atoms with Crippen LogP contribution in [0.2, 0.25) is 0 Å². The summed E-state index contributed by atoms with van der Waals surface area (Å²) in [4.78, 5) is 98.5. The van der Waals surface area contributed by atoms with Crippen molar-refractivity contribution >= 4 is 65.1 Å². The summed E-state index contributed by atoms with van der Waals surface area (Å²) in [6.07, 6.45) is -0.798. The largest absolute Gasteiger partial charge is 0.444 e. The van der Waals surface area contributed by atoms with Crippen LogP contribution in [0.3, 0.4) is 0 Å². The average Bonchev–Trinajstić information content (AvgIpc) is 3.25. The molecule has 338 valence electrons. The molecular weight excluding hydrogens is 837 g/mol. The first-order valence-corrected chi connectivity index (χ1v) is 21.0. The summed E-state index contributed by atoms with van der Waals surface area (Å²) in [7, 11) is 1.39. The van der Waals surface area contributed by atoms with Crippen LogP contribution < -0.4 is 26.6 Å². The summed E-state index contributed by atoms with van der Waals surface area (Å²) in [5.41, 5.74) is 1.37. The van der Waals surface area contributed by atoms with Crippen LogP contribution in [0.1, 0.15) is 63.1 Å². The van der Waals surface area contributed by atoms with Gasteiger partial charge in [0.25, 0.3) is 5.91 Å². The normalized spacial score (nSPS) is 11.4. The molecule has 0 radical (unpaired) electrons. The predicted octanol–water partition coefficient (Wildman–Crippen LogP) is 5.99. The lowest BCUT2D eigenvalue weighted by Gasteiger charge is -2.28. The lowest BCUT2D eigenvalue weighted by molar-refractivity contribution is -0.138. The molecule has 19 nitrogen and oxygen atoms in total. The summed E-state index contributed by atoms with van der Waals surface area (Å²) in [6.45, 7) is 4.65. The number of guanidine groups is 1. The fourth-order valence-corrected chi connectivity index (χ4v) is 5.48. The SMILES string of the molecule is CS/C(=N\C(=O)NC(=O)OCc1ccccc1)NC(=O)C(CNC(=O)OC(C)(C)C)N(C)C(=O)CCCCCN=C(NC(=O)OCc1ccccc1)NC(=O)OCc1ccccc1. The van der Waals surface area contributed by atoms with Crippen molar-refractivity contribution in [1.29, 1.82) is 0 Å². The average molecular weight is 891 g/mol. The Balaban J connectivity index is 1.58. The van der Waals surface area contributed by atoms with Crippen LogP contribution >= 0.6 is 11.8 Å². The van der Waals surface area contributed by atoms with Gasteiger partial charge in [-0.1, -0.05) is 109 Å². The fourth-order valence-electron chi connectivity index (χ4n) is 5.11. The van der Waals surface area contributed by atoms with Gasteiger partial charge < -0.3 is 34.5 Å². The van der Waals surface area contributed by atoms with Gasteiger partial charge >= 0.3 is 30.4 Å². The lowest BCUT2D eigenvalue weighted by Crippen LogP contribution is -2.54. The number of likely N-dealkylation sites (N-methyl/N-ethyl adjacent to an activating group) is 1. The molecule has 0 aliphatic heterocycles. The van der Waals surface area contributed by atoms with Crippen molar-refractivity contribution in [2.45, 2.75) is 77.9 Å². The molecule has 3 aromatic rings. The van der Waals surface area contributed by atoms with E-state index in [1.807, 2.05) is 17.4 Å². The molecule has 0 aromatic heterocycles. The summed E-state index contributed by atoms with van der Waals surface area (Å²) in [5.74, 6) is -1.43. The molecule has 3 rings (SSSR count). The number of alkyl carbamates (subject to hydrolysis) is 4. The number of carbonyl (C=O) groups excluding carboxylic acids is 7. The van der Waals surface area contributed by atoms with Gasteiger partial charge in [-0.25, -0.2) is 29.3 Å². The highest BCUT2D eigenvalue weighted by molar-refractivity contribution is 8.13. The van der Waals surface area contributed by atoms with E-state index < -0.39 is 53.9 Å². The van der Waals surface area contributed by atoms with Crippen molar-refractivity contribution in [3.05, 3.63) is 108 Å². The third-order valence-corrected chi connectivity index (χ3v) is 8.82. The number of nitrogens with one attached hydrogen (secondary N) is 5. The molecule has 0 fully saturated rings. The van der Waals surface area contributed by atoms with E-state index in [2.05, 4.69) is 31.3 Å². The number of aliphatic imine (C=N–C) groups is 2. The van der Waals surface area contributed by atoms with E-state index in [0.717, 1.165) is 27.8 Å². The minimum atomic E-state index is -1.28. The predicted molar refractivity (Wildman–Crippen MR) is 235 cm³/mol. The Morgan fingerprint density at radius 1 is 0.651 bits per heavy atom. The Hall–Kier alpha value is -6.96. The number of ether oxygens (including phenoxy) is 4. The van der Waals surface area contributed by atoms with Crippen molar-refractivity contribution in [3.63, 3.8) is 0 Å². The van der Waals surface area contributed by atoms with E-state index in [1.54, 1.807) is 99.6 Å². The van der Waals surface area contributed by atoms with Gasteiger partial charge in [0.2, 0.25) is 11.9 Å². The van der Waals surface area contributed by atoms with Gasteiger partial charge in [-0.3, -0.25) is 25.2 Å². The van der Waals surface area contributed by atoms with Crippen molar-refractivity contribution < 1.29 is 52.5 Å². The molecule has 63 heavy (non-hydrogen) atoms. The maximum Gasteiger partial charge on any atom is 0.415 e. The van der Waals surface area contributed by atoms with Gasteiger partial charge in [0.15, 0.2) is 5.17 Å². The van der Waals surface area contributed by atoms with Gasteiger partial charge in [0, 0.05) is 20.0 Å². The number of hydrogen-bond donors (Lipinski definition) is 5. The lowest BCUT2D eigenvalue weighted by atomic mass is 10.1. The van der Waals surface area contributed by atoms with E-state index in [1.165, 1.54) is 13.3 Å². The standard InChI is InChI=1S/C43H54N8O11S/c1-43(2,3)62-39(55)45-26-33(35(53)46-38(63-5)49-37(54)50-42(58)61-29-32-22-14-8-15-23-32)51(4)34(52)24-16-9-17-25-44-36(47-40(56)59-27-30-18-10-6-11-19-30)48-41(57)60-28-31-20-12-7-13-21-31/h6-8,10-15,18-23,33H,9,16-17,24-29H2,1-5H3,(H,45,55)(H2,44,47,48,56,57)(H2,46,49,50,53,54,58). The van der Waals surface area contributed by atoms with Gasteiger partial charge in [-0.2, -0.15) is 4.99 Å². The molecule has 0 aliphatic carbocycles. The van der Waals surface area contributed by atoms with Crippen LogP contribution in [0.4, 0.5) is 24.0 Å². The number of rotatable bonds is 16. The van der Waals surface area contributed by atoms with Crippen LogP contribution in [-0.2, 0) is 48.4 Å². The monoisotopic (exact) mass is 890 g/mol. The van der Waals surface area contributed by atoms with Gasteiger partial charge in [-0.15, -0.1) is 0 Å². The topological polar surface area (TPSA) is 245 Å². The third-order valence-electron chi connectivity index (χ3n) is 8.24. The molecule has 20 heteroatoms. The molecule has 1 atom stereocenters. The number of imide groups is 1. The second-order valence-corrected chi connectivity index (χ2v) is 15.2. The highest BCUT2D eigenvalue weighted by Gasteiger charge is 2.29. The smallest absolute Gasteiger partial charge is 0.415 e. The maximum atomic E-state index is 13.6. The van der Waals surface area contributed by atoms with Crippen molar-refractivity contribution in [1.82, 2.24) is 31.5 Å². The summed E-state index contributed by atoms with van der Waals surface area (Å²) >= 11 is 0.885. The van der Waals surface area contributed by atoms with Gasteiger partial charge in [0.05, 0.1) is 6.54 Å². The number of carbonyl (C=O) groups is 7. The number of benzene rings is 3. The number of nitrogens with zero attached hydrogens (tertiary/aromatic N) is 3. The van der Waals surface area contributed by atoms with Gasteiger partial charge in [0.1, 0.15) is 31.5 Å². The first kappa shape index (κ1) is 50.4. The third kappa shape index (κ3) is 21.4. The Morgan fingerprint density at radius 2 is 1.13 bits per heavy atom. The van der Waals surface area contributed by atoms with E-state index in [9.17, 15) is 33.6 Å². The molecule has 1 unspecified atom stereocenters. The maximum absolute atomic E-state index is 13.6. The van der Waals surface area contributed by atoms with E-state index in [4.69, 9.17) is 18.9 Å². The van der Waals surface area contributed by atoms with E-state index in [0.29, 0.717) is 24.8 Å². The zero-order valence-electron chi connectivity index (χ0n) is 35.8. The van der Waals surface area contributed by atoms with Crippen LogP contribution in [0.25, 0.3) is 0 Å². The number of amides is 8. The molecular formula is C43H54N8O11S. The summed E-state index contributed by atoms with van der Waals surface area (Å²) < 4.78 is 20.9. The Kier molecular flexibility index (Phi) is 21.7. The summed E-state index contributed by atoms with van der Waals surface area (Å²) in [6, 6.07) is 24.4. The van der Waals surface area contributed by atoms with Crippen molar-refractivity contribution in [2.24, 2.45) is 9.98 Å². The minimum absolute atomic E-state index is 0.00557. The highest BCUT2D eigenvalue weighted by atomic mass is 32.2. The molecule has 0 heterocycles. The molecule has 8 amide bonds. The second-order valence-electron chi connectivity index (χ2n) is 14.4. The molecule has 0 bridgehead atoms. The van der Waals surface area contributed by atoms with Crippen LogP contribution in [-0.4, -0.2) is 96.3 Å². The number of unbranched alkanes of at least 4 members (excludes halogenated alkanes) is 2. The molecule has 3 aromatic carbocycles. The van der Waals surface area contributed by atoms with Crippen molar-refractivity contribution in [2.75, 3.05) is 26.4 Å². The molecule has 0 spiro atoms. The Bertz CT molecular complexity index is 1970. The van der Waals surface area contributed by atoms with Gasteiger partial charge in [-0.05, 0) is 56.6 Å². The quantitative estimate of drug-likeness (QED) is 0.0482. The number of thioether (sulfide) groups is 1. The molecule has 0 saturated carbocycles. The van der Waals surface area contributed by atoms with E-state index >= 15 is 0 Å². The van der Waals surface area contributed by atoms with Crippen LogP contribution in [0.5, 0.6) is 0 Å². The van der Waals surface area contributed by atoms with E-state index in [-0.39, 0.29) is 50.5 Å². The summed E-state index contributed by atoms with van der Waals surface area (Å²) in [5, 5.41) is 11.6. The molecule has 0 aliphatic rings. The Labute approximate surface area is 370 Å². The number of amidine groups is 1. The Morgan fingerprint density at radius 3 is 1.59 bits per heavy atom.